The molecule has 1 aromatic carbocycles. The van der Waals surface area contributed by atoms with E-state index in [-0.39, 0.29) is 5.56 Å². The normalized spacial score (nSPS) is 10.7. The molecule has 21 heavy (non-hydrogen) atoms. The molecule has 0 fully saturated rings. The first kappa shape index (κ1) is 15.7. The monoisotopic (exact) mass is 329 g/mol. The standard InChI is InChI=1S/C13H13F2N3OS2/c14-12(15)9-4-1-5-10(17-13(19)18-16)11(9)21-7-8-3-2-6-20-8/h1-6,12H,7,16H2,(H2,17,18,19). The van der Waals surface area contributed by atoms with Gasteiger partial charge in [0.15, 0.2) is 0 Å². The Balaban J connectivity index is 2.26. The van der Waals surface area contributed by atoms with E-state index < -0.39 is 12.5 Å². The van der Waals surface area contributed by atoms with Gasteiger partial charge in [-0.1, -0.05) is 18.2 Å². The van der Waals surface area contributed by atoms with Gasteiger partial charge in [-0.05, 0) is 17.5 Å². The molecule has 0 unspecified atom stereocenters. The van der Waals surface area contributed by atoms with Crippen molar-refractivity contribution in [3.63, 3.8) is 0 Å². The second kappa shape index (κ2) is 7.39. The van der Waals surface area contributed by atoms with Crippen LogP contribution in [0.1, 0.15) is 16.9 Å². The Morgan fingerprint density at radius 3 is 2.76 bits per heavy atom. The number of nitrogens with two attached hydrogens (primary N) is 1. The van der Waals surface area contributed by atoms with Crippen LogP contribution in [-0.2, 0) is 5.75 Å². The average molecular weight is 329 g/mol. The lowest BCUT2D eigenvalue weighted by atomic mass is 10.2. The maximum absolute atomic E-state index is 13.1. The number of rotatable bonds is 5. The van der Waals surface area contributed by atoms with Gasteiger partial charge in [0, 0.05) is 21.1 Å². The smallest absolute Gasteiger partial charge is 0.306 e. The fourth-order valence-corrected chi connectivity index (χ4v) is 3.60. The predicted molar refractivity (Wildman–Crippen MR) is 81.6 cm³/mol. The molecule has 0 aliphatic rings. The molecular weight excluding hydrogens is 316 g/mol. The van der Waals surface area contributed by atoms with Gasteiger partial charge in [0.2, 0.25) is 0 Å². The lowest BCUT2D eigenvalue weighted by molar-refractivity contribution is 0.148. The number of hydrazine groups is 1. The van der Waals surface area contributed by atoms with Crippen LogP contribution in [0.2, 0.25) is 0 Å². The van der Waals surface area contributed by atoms with Gasteiger partial charge in [0.1, 0.15) is 0 Å². The van der Waals surface area contributed by atoms with E-state index in [1.165, 1.54) is 23.9 Å². The second-order valence-electron chi connectivity index (χ2n) is 3.99. The van der Waals surface area contributed by atoms with E-state index in [0.717, 1.165) is 4.88 Å². The van der Waals surface area contributed by atoms with Crippen molar-refractivity contribution in [3.05, 3.63) is 46.2 Å². The number of nitrogens with one attached hydrogen (secondary N) is 2. The Labute approximate surface area is 128 Å². The molecule has 112 valence electrons. The minimum Gasteiger partial charge on any atom is -0.306 e. The van der Waals surface area contributed by atoms with Crippen LogP contribution in [0, 0.1) is 0 Å². The van der Waals surface area contributed by atoms with Crippen LogP contribution < -0.4 is 16.6 Å². The molecule has 0 radical (unpaired) electrons. The van der Waals surface area contributed by atoms with Crippen molar-refractivity contribution in [1.29, 1.82) is 0 Å². The molecule has 2 aromatic rings. The molecule has 2 amide bonds. The van der Waals surface area contributed by atoms with Crippen molar-refractivity contribution in [1.82, 2.24) is 5.43 Å². The number of thioether (sulfide) groups is 1. The van der Waals surface area contributed by atoms with Crippen LogP contribution in [0.4, 0.5) is 19.3 Å². The second-order valence-corrected chi connectivity index (χ2v) is 6.01. The molecule has 0 saturated heterocycles. The Bertz CT molecular complexity index is 605. The molecule has 4 N–H and O–H groups in total. The number of thiophene rings is 1. The zero-order chi connectivity index (χ0) is 15.2. The van der Waals surface area contributed by atoms with Crippen molar-refractivity contribution in [2.24, 2.45) is 5.84 Å². The number of urea groups is 1. The summed E-state index contributed by atoms with van der Waals surface area (Å²) in [7, 11) is 0. The molecule has 1 heterocycles. The topological polar surface area (TPSA) is 67.1 Å². The van der Waals surface area contributed by atoms with E-state index in [0.29, 0.717) is 16.3 Å². The highest BCUT2D eigenvalue weighted by molar-refractivity contribution is 7.98. The molecule has 8 heteroatoms. The summed E-state index contributed by atoms with van der Waals surface area (Å²) in [5.74, 6) is 5.56. The summed E-state index contributed by atoms with van der Waals surface area (Å²) in [6.45, 7) is 0. The molecular formula is C13H13F2N3OS2. The summed E-state index contributed by atoms with van der Waals surface area (Å²) in [6, 6.07) is 7.58. The summed E-state index contributed by atoms with van der Waals surface area (Å²) in [4.78, 5) is 12.7. The summed E-state index contributed by atoms with van der Waals surface area (Å²) in [5.41, 5.74) is 2.13. The van der Waals surface area contributed by atoms with Gasteiger partial charge in [-0.3, -0.25) is 5.43 Å². The van der Waals surface area contributed by atoms with E-state index in [1.807, 2.05) is 22.9 Å². The van der Waals surface area contributed by atoms with E-state index in [1.54, 1.807) is 17.4 Å². The molecule has 0 spiro atoms. The van der Waals surface area contributed by atoms with Gasteiger partial charge < -0.3 is 5.32 Å². The van der Waals surface area contributed by atoms with Gasteiger partial charge in [-0.2, -0.15) is 0 Å². The maximum atomic E-state index is 13.1. The number of carbonyl (C=O) groups is 1. The number of benzene rings is 1. The average Bonchev–Trinajstić information content (AvgIpc) is 2.98. The lowest BCUT2D eigenvalue weighted by Crippen LogP contribution is -2.34. The van der Waals surface area contributed by atoms with E-state index in [2.05, 4.69) is 5.32 Å². The zero-order valence-corrected chi connectivity index (χ0v) is 12.4. The van der Waals surface area contributed by atoms with Crippen molar-refractivity contribution < 1.29 is 13.6 Å². The zero-order valence-electron chi connectivity index (χ0n) is 10.8. The van der Waals surface area contributed by atoms with Crippen LogP contribution in [0.5, 0.6) is 0 Å². The first-order valence-corrected chi connectivity index (χ1v) is 7.82. The van der Waals surface area contributed by atoms with Crippen molar-refractivity contribution >= 4 is 34.8 Å². The Kier molecular flexibility index (Phi) is 5.54. The molecule has 2 rings (SSSR count). The molecule has 1 aromatic heterocycles. The molecule has 4 nitrogen and oxygen atoms in total. The number of carbonyl (C=O) groups excluding carboxylic acids is 1. The van der Waals surface area contributed by atoms with Gasteiger partial charge >= 0.3 is 6.03 Å². The Hall–Kier alpha value is -1.64. The fourth-order valence-electron chi connectivity index (χ4n) is 1.68. The highest BCUT2D eigenvalue weighted by atomic mass is 32.2. The van der Waals surface area contributed by atoms with Crippen LogP contribution >= 0.6 is 23.1 Å². The number of hydrogen-bond donors (Lipinski definition) is 3. The fraction of sp³-hybridized carbons (Fsp3) is 0.154. The minimum atomic E-state index is -2.61. The van der Waals surface area contributed by atoms with E-state index >= 15 is 0 Å². The highest BCUT2D eigenvalue weighted by Gasteiger charge is 2.18. The van der Waals surface area contributed by atoms with Crippen molar-refractivity contribution in [2.45, 2.75) is 17.1 Å². The van der Waals surface area contributed by atoms with Gasteiger partial charge in [-0.25, -0.2) is 19.4 Å². The van der Waals surface area contributed by atoms with Gasteiger partial charge in [-0.15, -0.1) is 23.1 Å². The SMILES string of the molecule is NNC(=O)Nc1cccc(C(F)F)c1SCc1cccs1. The Morgan fingerprint density at radius 1 is 1.33 bits per heavy atom. The number of amides is 2. The maximum Gasteiger partial charge on any atom is 0.333 e. The number of anilines is 1. The van der Waals surface area contributed by atoms with Crippen molar-refractivity contribution in [2.75, 3.05) is 5.32 Å². The first-order chi connectivity index (χ1) is 10.1. The first-order valence-electron chi connectivity index (χ1n) is 5.95. The minimum absolute atomic E-state index is 0.105. The third-order valence-corrected chi connectivity index (χ3v) is 4.86. The lowest BCUT2D eigenvalue weighted by Gasteiger charge is -2.14. The highest BCUT2D eigenvalue weighted by Crippen LogP contribution is 2.38. The van der Waals surface area contributed by atoms with Crippen LogP contribution in [-0.4, -0.2) is 6.03 Å². The molecule has 0 bridgehead atoms. The number of hydrogen-bond acceptors (Lipinski definition) is 4. The van der Waals surface area contributed by atoms with Gasteiger partial charge in [0.25, 0.3) is 6.43 Å². The summed E-state index contributed by atoms with van der Waals surface area (Å²) < 4.78 is 26.3. The van der Waals surface area contributed by atoms with E-state index in [4.69, 9.17) is 5.84 Å². The Morgan fingerprint density at radius 2 is 2.14 bits per heavy atom. The third kappa shape index (κ3) is 4.16. The summed E-state index contributed by atoms with van der Waals surface area (Å²) in [6.07, 6.45) is -2.61. The summed E-state index contributed by atoms with van der Waals surface area (Å²) in [5, 5.41) is 4.39. The summed E-state index contributed by atoms with van der Waals surface area (Å²) >= 11 is 2.81. The molecule has 0 atom stereocenters. The molecule has 0 aliphatic carbocycles. The predicted octanol–water partition coefficient (Wildman–Crippen LogP) is 3.97. The number of alkyl halides is 2. The van der Waals surface area contributed by atoms with E-state index in [9.17, 15) is 13.6 Å². The largest absolute Gasteiger partial charge is 0.333 e. The number of halogens is 2. The van der Waals surface area contributed by atoms with Gasteiger partial charge in [0.05, 0.1) is 5.69 Å². The third-order valence-electron chi connectivity index (χ3n) is 2.60. The molecule has 0 saturated carbocycles. The molecule has 0 aliphatic heterocycles. The van der Waals surface area contributed by atoms with Crippen molar-refractivity contribution in [3.8, 4) is 0 Å². The van der Waals surface area contributed by atoms with Crippen LogP contribution in [0.15, 0.2) is 40.6 Å². The van der Waals surface area contributed by atoms with Crippen LogP contribution in [0.3, 0.4) is 0 Å². The quantitative estimate of drug-likeness (QED) is 0.336. The van der Waals surface area contributed by atoms with Crippen LogP contribution in [0.25, 0.3) is 0 Å².